The number of para-hydroxylation sites is 1. The molecule has 1 aliphatic rings. The molecular formula is C18H17N3O. The van der Waals surface area contributed by atoms with Crippen molar-refractivity contribution in [2.24, 2.45) is 0 Å². The lowest BCUT2D eigenvalue weighted by molar-refractivity contribution is 0.0984. The van der Waals surface area contributed by atoms with Crippen molar-refractivity contribution in [3.8, 4) is 0 Å². The summed E-state index contributed by atoms with van der Waals surface area (Å²) in [5.74, 6) is 0.547. The standard InChI is InChI=1S/C18H17N3O/c1-12-8-9-21(17-5-3-2-4-14(12)17)18(22)13-6-7-15-16(10-13)20-11-19-15/h2-7,10-12H,8-9H2,1H3,(H,19,20). The smallest absolute Gasteiger partial charge is 0.258 e. The van der Waals surface area contributed by atoms with Gasteiger partial charge in [-0.3, -0.25) is 4.79 Å². The van der Waals surface area contributed by atoms with Crippen LogP contribution >= 0.6 is 0 Å². The molecule has 22 heavy (non-hydrogen) atoms. The molecule has 0 fully saturated rings. The molecule has 1 unspecified atom stereocenters. The molecule has 1 amide bonds. The van der Waals surface area contributed by atoms with Gasteiger partial charge in [0.15, 0.2) is 0 Å². The number of benzene rings is 2. The number of hydrogen-bond donors (Lipinski definition) is 1. The molecule has 1 aromatic heterocycles. The Balaban J connectivity index is 1.75. The van der Waals surface area contributed by atoms with Gasteiger partial charge in [0.1, 0.15) is 0 Å². The number of carbonyl (C=O) groups excluding carboxylic acids is 1. The zero-order valence-corrected chi connectivity index (χ0v) is 12.4. The van der Waals surface area contributed by atoms with Gasteiger partial charge in [-0.2, -0.15) is 0 Å². The molecule has 4 rings (SSSR count). The summed E-state index contributed by atoms with van der Waals surface area (Å²) in [7, 11) is 0. The van der Waals surface area contributed by atoms with Crippen LogP contribution in [0.1, 0.15) is 35.2 Å². The van der Waals surface area contributed by atoms with Crippen LogP contribution < -0.4 is 4.90 Å². The van der Waals surface area contributed by atoms with Gasteiger partial charge >= 0.3 is 0 Å². The molecule has 0 saturated heterocycles. The zero-order valence-electron chi connectivity index (χ0n) is 12.4. The maximum atomic E-state index is 12.9. The van der Waals surface area contributed by atoms with Crippen LogP contribution in [0.2, 0.25) is 0 Å². The largest absolute Gasteiger partial charge is 0.345 e. The molecule has 0 radical (unpaired) electrons. The minimum atomic E-state index is 0.0517. The third-order valence-corrected chi connectivity index (χ3v) is 4.46. The highest BCUT2D eigenvalue weighted by atomic mass is 16.2. The number of nitrogens with zero attached hydrogens (tertiary/aromatic N) is 2. The van der Waals surface area contributed by atoms with Gasteiger partial charge in [-0.05, 0) is 42.2 Å². The summed E-state index contributed by atoms with van der Waals surface area (Å²) in [5.41, 5.74) is 4.76. The molecular weight excluding hydrogens is 274 g/mol. The van der Waals surface area contributed by atoms with Crippen molar-refractivity contribution in [3.63, 3.8) is 0 Å². The van der Waals surface area contributed by atoms with Gasteiger partial charge < -0.3 is 9.88 Å². The van der Waals surface area contributed by atoms with E-state index in [1.807, 2.05) is 41.3 Å². The number of nitrogens with one attached hydrogen (secondary N) is 1. The third-order valence-electron chi connectivity index (χ3n) is 4.46. The average Bonchev–Trinajstić information content (AvgIpc) is 3.02. The fourth-order valence-electron chi connectivity index (χ4n) is 3.18. The van der Waals surface area contributed by atoms with Gasteiger partial charge in [0.25, 0.3) is 5.91 Å². The Labute approximate surface area is 128 Å². The molecule has 110 valence electrons. The minimum Gasteiger partial charge on any atom is -0.345 e. The molecule has 2 aromatic carbocycles. The minimum absolute atomic E-state index is 0.0517. The lowest BCUT2D eigenvalue weighted by Crippen LogP contribution is -2.36. The quantitative estimate of drug-likeness (QED) is 0.743. The molecule has 3 aromatic rings. The molecule has 1 aliphatic heterocycles. The lowest BCUT2D eigenvalue weighted by atomic mass is 9.91. The number of imidazole rings is 1. The number of amides is 1. The predicted molar refractivity (Wildman–Crippen MR) is 87.2 cm³/mol. The van der Waals surface area contributed by atoms with Gasteiger partial charge in [0, 0.05) is 17.8 Å². The Kier molecular flexibility index (Phi) is 2.96. The first kappa shape index (κ1) is 13.1. The maximum Gasteiger partial charge on any atom is 0.258 e. The van der Waals surface area contributed by atoms with E-state index in [2.05, 4.69) is 23.0 Å². The van der Waals surface area contributed by atoms with Crippen molar-refractivity contribution in [1.82, 2.24) is 9.97 Å². The monoisotopic (exact) mass is 291 g/mol. The number of rotatable bonds is 1. The van der Waals surface area contributed by atoms with E-state index in [0.29, 0.717) is 11.5 Å². The van der Waals surface area contributed by atoms with E-state index in [9.17, 15) is 4.79 Å². The van der Waals surface area contributed by atoms with E-state index in [4.69, 9.17) is 0 Å². The average molecular weight is 291 g/mol. The van der Waals surface area contributed by atoms with Crippen LogP contribution in [0.4, 0.5) is 5.69 Å². The van der Waals surface area contributed by atoms with E-state index >= 15 is 0 Å². The normalized spacial score (nSPS) is 17.5. The molecule has 1 atom stereocenters. The highest BCUT2D eigenvalue weighted by Gasteiger charge is 2.26. The fourth-order valence-corrected chi connectivity index (χ4v) is 3.18. The SMILES string of the molecule is CC1CCN(C(=O)c2ccc3nc[nH]c3c2)c2ccccc21. The predicted octanol–water partition coefficient (Wildman–Crippen LogP) is 3.72. The summed E-state index contributed by atoms with van der Waals surface area (Å²) in [6.45, 7) is 2.98. The van der Waals surface area contributed by atoms with Crippen LogP contribution in [-0.4, -0.2) is 22.4 Å². The Morgan fingerprint density at radius 2 is 2.14 bits per heavy atom. The second-order valence-electron chi connectivity index (χ2n) is 5.84. The first-order chi connectivity index (χ1) is 10.7. The number of H-pyrrole nitrogens is 1. The number of anilines is 1. The summed E-state index contributed by atoms with van der Waals surface area (Å²) in [6, 6.07) is 13.8. The van der Waals surface area contributed by atoms with Crippen molar-refractivity contribution in [2.75, 3.05) is 11.4 Å². The number of carbonyl (C=O) groups is 1. The van der Waals surface area contributed by atoms with Gasteiger partial charge in [-0.15, -0.1) is 0 Å². The fraction of sp³-hybridized carbons (Fsp3) is 0.222. The number of aromatic amines is 1. The molecule has 4 heteroatoms. The molecule has 0 bridgehead atoms. The maximum absolute atomic E-state index is 12.9. The lowest BCUT2D eigenvalue weighted by Gasteiger charge is -2.33. The van der Waals surface area contributed by atoms with Gasteiger partial charge in [0.2, 0.25) is 0 Å². The summed E-state index contributed by atoms with van der Waals surface area (Å²) in [4.78, 5) is 22.1. The van der Waals surface area contributed by atoms with Crippen molar-refractivity contribution in [1.29, 1.82) is 0 Å². The van der Waals surface area contributed by atoms with E-state index in [1.54, 1.807) is 6.33 Å². The highest BCUT2D eigenvalue weighted by Crippen LogP contribution is 2.35. The number of hydrogen-bond acceptors (Lipinski definition) is 2. The first-order valence-corrected chi connectivity index (χ1v) is 7.58. The zero-order chi connectivity index (χ0) is 15.1. The van der Waals surface area contributed by atoms with Gasteiger partial charge in [-0.1, -0.05) is 25.1 Å². The molecule has 2 heterocycles. The van der Waals surface area contributed by atoms with E-state index in [-0.39, 0.29) is 5.91 Å². The second kappa shape index (κ2) is 4.98. The van der Waals surface area contributed by atoms with Crippen LogP contribution in [0.25, 0.3) is 11.0 Å². The highest BCUT2D eigenvalue weighted by molar-refractivity contribution is 6.08. The Morgan fingerprint density at radius 1 is 1.27 bits per heavy atom. The summed E-state index contributed by atoms with van der Waals surface area (Å²) in [6.07, 6.45) is 2.64. The van der Waals surface area contributed by atoms with E-state index in [1.165, 1.54) is 5.56 Å². The second-order valence-corrected chi connectivity index (χ2v) is 5.84. The van der Waals surface area contributed by atoms with Crippen molar-refractivity contribution < 1.29 is 4.79 Å². The Bertz CT molecular complexity index is 852. The van der Waals surface area contributed by atoms with Crippen LogP contribution in [0, 0.1) is 0 Å². The molecule has 4 nitrogen and oxygen atoms in total. The van der Waals surface area contributed by atoms with Crippen molar-refractivity contribution in [3.05, 3.63) is 59.9 Å². The molecule has 0 aliphatic carbocycles. The first-order valence-electron chi connectivity index (χ1n) is 7.58. The molecule has 0 spiro atoms. The molecule has 1 N–H and O–H groups in total. The molecule has 0 saturated carbocycles. The summed E-state index contributed by atoms with van der Waals surface area (Å²) < 4.78 is 0. The van der Waals surface area contributed by atoms with Gasteiger partial charge in [-0.25, -0.2) is 4.98 Å². The third kappa shape index (κ3) is 1.99. The Hall–Kier alpha value is -2.62. The van der Waals surface area contributed by atoms with Crippen LogP contribution in [0.15, 0.2) is 48.8 Å². The summed E-state index contributed by atoms with van der Waals surface area (Å²) in [5, 5.41) is 0. The number of aromatic nitrogens is 2. The topological polar surface area (TPSA) is 49.0 Å². The number of fused-ring (bicyclic) bond motifs is 2. The van der Waals surface area contributed by atoms with Gasteiger partial charge in [0.05, 0.1) is 17.4 Å². The van der Waals surface area contributed by atoms with Crippen LogP contribution in [0.3, 0.4) is 0 Å². The Morgan fingerprint density at radius 3 is 3.05 bits per heavy atom. The van der Waals surface area contributed by atoms with Crippen molar-refractivity contribution in [2.45, 2.75) is 19.3 Å². The van der Waals surface area contributed by atoms with E-state index in [0.717, 1.165) is 29.7 Å². The summed E-state index contributed by atoms with van der Waals surface area (Å²) >= 11 is 0. The van der Waals surface area contributed by atoms with Crippen LogP contribution in [-0.2, 0) is 0 Å². The van der Waals surface area contributed by atoms with Crippen LogP contribution in [0.5, 0.6) is 0 Å². The van der Waals surface area contributed by atoms with E-state index < -0.39 is 0 Å². The van der Waals surface area contributed by atoms with Crippen molar-refractivity contribution >= 4 is 22.6 Å².